The molecular formula is C20H22N4O. The van der Waals surface area contributed by atoms with Gasteiger partial charge in [-0.25, -0.2) is 0 Å². The van der Waals surface area contributed by atoms with Gasteiger partial charge in [0.25, 0.3) is 5.91 Å². The van der Waals surface area contributed by atoms with Gasteiger partial charge in [0.2, 0.25) is 0 Å². The van der Waals surface area contributed by atoms with Crippen LogP contribution in [0.5, 0.6) is 0 Å². The van der Waals surface area contributed by atoms with Crippen LogP contribution in [-0.4, -0.2) is 5.91 Å². The van der Waals surface area contributed by atoms with Crippen molar-refractivity contribution in [2.75, 3.05) is 16.4 Å². The number of hydrogen-bond acceptors (Lipinski definition) is 4. The molecule has 2 aromatic rings. The average Bonchev–Trinajstić information content (AvgIpc) is 2.63. The van der Waals surface area contributed by atoms with Crippen LogP contribution >= 0.6 is 0 Å². The van der Waals surface area contributed by atoms with Crippen LogP contribution < -0.4 is 16.4 Å². The second-order valence-electron chi connectivity index (χ2n) is 5.69. The number of nitrogens with two attached hydrogens (primary N) is 1. The van der Waals surface area contributed by atoms with E-state index in [1.54, 1.807) is 24.3 Å². The van der Waals surface area contributed by atoms with E-state index in [0.29, 0.717) is 11.4 Å². The zero-order chi connectivity index (χ0) is 18.1. The molecule has 0 aromatic heterocycles. The van der Waals surface area contributed by atoms with E-state index in [-0.39, 0.29) is 5.57 Å². The lowest BCUT2D eigenvalue weighted by Gasteiger charge is -2.06. The Morgan fingerprint density at radius 2 is 1.76 bits per heavy atom. The SMILES string of the molecule is CCCCc1ccc(N/C=C(/C#N)C(=O)Nc2ccc(N)cc2)cc1. The number of carbonyl (C=O) groups excluding carboxylic acids is 1. The maximum Gasteiger partial charge on any atom is 0.267 e. The van der Waals surface area contributed by atoms with Gasteiger partial charge in [-0.05, 0) is 54.8 Å². The number of benzene rings is 2. The van der Waals surface area contributed by atoms with Crippen LogP contribution in [0.2, 0.25) is 0 Å². The van der Waals surface area contributed by atoms with Crippen molar-refractivity contribution in [3.05, 3.63) is 65.9 Å². The Morgan fingerprint density at radius 3 is 2.36 bits per heavy atom. The molecule has 0 unspecified atom stereocenters. The number of aryl methyl sites for hydroxylation is 1. The summed E-state index contributed by atoms with van der Waals surface area (Å²) in [6.45, 7) is 2.17. The summed E-state index contributed by atoms with van der Waals surface area (Å²) in [6, 6.07) is 16.6. The van der Waals surface area contributed by atoms with E-state index in [1.807, 2.05) is 30.3 Å². The van der Waals surface area contributed by atoms with Crippen molar-refractivity contribution in [2.45, 2.75) is 26.2 Å². The molecule has 25 heavy (non-hydrogen) atoms. The number of rotatable bonds is 7. The lowest BCUT2D eigenvalue weighted by Crippen LogP contribution is -2.14. The van der Waals surface area contributed by atoms with Gasteiger partial charge in [-0.15, -0.1) is 0 Å². The second-order valence-corrected chi connectivity index (χ2v) is 5.69. The minimum absolute atomic E-state index is 0.00751. The molecule has 1 amide bonds. The summed E-state index contributed by atoms with van der Waals surface area (Å²) in [5, 5.41) is 14.9. The van der Waals surface area contributed by atoms with Crippen LogP contribution in [0, 0.1) is 11.3 Å². The van der Waals surface area contributed by atoms with Crippen LogP contribution in [0.4, 0.5) is 17.1 Å². The van der Waals surface area contributed by atoms with Crippen molar-refractivity contribution in [2.24, 2.45) is 0 Å². The lowest BCUT2D eigenvalue weighted by molar-refractivity contribution is -0.112. The van der Waals surface area contributed by atoms with E-state index in [4.69, 9.17) is 5.73 Å². The fourth-order valence-corrected chi connectivity index (χ4v) is 2.22. The van der Waals surface area contributed by atoms with Gasteiger partial charge in [-0.1, -0.05) is 25.5 Å². The molecule has 0 aliphatic rings. The van der Waals surface area contributed by atoms with Crippen molar-refractivity contribution in [1.29, 1.82) is 5.26 Å². The monoisotopic (exact) mass is 334 g/mol. The summed E-state index contributed by atoms with van der Waals surface area (Å²) in [5.74, 6) is -0.473. The molecule has 0 heterocycles. The van der Waals surface area contributed by atoms with Crippen molar-refractivity contribution >= 4 is 23.0 Å². The number of carbonyl (C=O) groups is 1. The molecule has 5 heteroatoms. The standard InChI is InChI=1S/C20H22N4O/c1-2-3-4-15-5-9-18(10-6-15)23-14-16(13-21)20(25)24-19-11-7-17(22)8-12-19/h5-12,14,23H,2-4,22H2,1H3,(H,24,25)/b16-14-. The van der Waals surface area contributed by atoms with Crippen LogP contribution in [-0.2, 0) is 11.2 Å². The highest BCUT2D eigenvalue weighted by atomic mass is 16.1. The molecule has 5 nitrogen and oxygen atoms in total. The number of unbranched alkanes of at least 4 members (excludes halogenated alkanes) is 1. The maximum atomic E-state index is 12.1. The fourth-order valence-electron chi connectivity index (χ4n) is 2.22. The largest absolute Gasteiger partial charge is 0.399 e. The normalized spacial score (nSPS) is 10.8. The number of hydrogen-bond donors (Lipinski definition) is 3. The van der Waals surface area contributed by atoms with Gasteiger partial charge < -0.3 is 16.4 Å². The lowest BCUT2D eigenvalue weighted by atomic mass is 10.1. The molecule has 0 radical (unpaired) electrons. The van der Waals surface area contributed by atoms with E-state index < -0.39 is 5.91 Å². The first-order valence-corrected chi connectivity index (χ1v) is 8.25. The van der Waals surface area contributed by atoms with Crippen molar-refractivity contribution in [3.63, 3.8) is 0 Å². The molecule has 0 saturated heterocycles. The molecule has 0 aliphatic heterocycles. The van der Waals surface area contributed by atoms with Gasteiger partial charge in [0.1, 0.15) is 11.6 Å². The first-order chi connectivity index (χ1) is 12.1. The Morgan fingerprint density at radius 1 is 1.12 bits per heavy atom. The summed E-state index contributed by atoms with van der Waals surface area (Å²) in [7, 11) is 0. The van der Waals surface area contributed by atoms with E-state index >= 15 is 0 Å². The molecule has 0 aliphatic carbocycles. The molecule has 0 fully saturated rings. The zero-order valence-electron chi connectivity index (χ0n) is 14.3. The van der Waals surface area contributed by atoms with E-state index in [0.717, 1.165) is 24.9 Å². The number of anilines is 3. The average molecular weight is 334 g/mol. The summed E-state index contributed by atoms with van der Waals surface area (Å²) >= 11 is 0. The highest BCUT2D eigenvalue weighted by Crippen LogP contribution is 2.14. The first kappa shape index (κ1) is 18.1. The van der Waals surface area contributed by atoms with Gasteiger partial charge in [0.05, 0.1) is 0 Å². The Balaban J connectivity index is 1.98. The van der Waals surface area contributed by atoms with Crippen LogP contribution in [0.3, 0.4) is 0 Å². The maximum absolute atomic E-state index is 12.1. The predicted molar refractivity (Wildman–Crippen MR) is 102 cm³/mol. The number of amides is 1. The van der Waals surface area contributed by atoms with Gasteiger partial charge in [-0.3, -0.25) is 4.79 Å². The molecule has 0 spiro atoms. The topological polar surface area (TPSA) is 90.9 Å². The molecule has 0 saturated carbocycles. The van der Waals surface area contributed by atoms with Crippen LogP contribution in [0.1, 0.15) is 25.3 Å². The smallest absolute Gasteiger partial charge is 0.267 e. The van der Waals surface area contributed by atoms with Crippen molar-refractivity contribution in [3.8, 4) is 6.07 Å². The number of nitrogens with one attached hydrogen (secondary N) is 2. The molecule has 2 aromatic carbocycles. The second kappa shape index (κ2) is 9.14. The van der Waals surface area contributed by atoms with Gasteiger partial charge >= 0.3 is 0 Å². The Labute approximate surface area is 148 Å². The summed E-state index contributed by atoms with van der Waals surface area (Å²) in [6.07, 6.45) is 4.79. The number of nitriles is 1. The third-order valence-electron chi connectivity index (χ3n) is 3.69. The first-order valence-electron chi connectivity index (χ1n) is 8.25. The van der Waals surface area contributed by atoms with Gasteiger partial charge in [0.15, 0.2) is 0 Å². The van der Waals surface area contributed by atoms with Crippen molar-refractivity contribution < 1.29 is 4.79 Å². The zero-order valence-corrected chi connectivity index (χ0v) is 14.3. The van der Waals surface area contributed by atoms with E-state index in [2.05, 4.69) is 17.6 Å². The number of nitrogens with zero attached hydrogens (tertiary/aromatic N) is 1. The van der Waals surface area contributed by atoms with E-state index in [9.17, 15) is 10.1 Å². The third-order valence-corrected chi connectivity index (χ3v) is 3.69. The minimum Gasteiger partial charge on any atom is -0.399 e. The van der Waals surface area contributed by atoms with Crippen LogP contribution in [0.15, 0.2) is 60.3 Å². The molecule has 0 bridgehead atoms. The molecule has 128 valence electrons. The highest BCUT2D eigenvalue weighted by molar-refractivity contribution is 6.06. The van der Waals surface area contributed by atoms with Gasteiger partial charge in [-0.2, -0.15) is 5.26 Å². The molecule has 4 N–H and O–H groups in total. The van der Waals surface area contributed by atoms with Crippen LogP contribution in [0.25, 0.3) is 0 Å². The Bertz CT molecular complexity index is 771. The molecular weight excluding hydrogens is 312 g/mol. The molecule has 2 rings (SSSR count). The minimum atomic E-state index is -0.473. The Hall–Kier alpha value is -3.26. The van der Waals surface area contributed by atoms with E-state index in [1.165, 1.54) is 11.8 Å². The van der Waals surface area contributed by atoms with Crippen molar-refractivity contribution in [1.82, 2.24) is 0 Å². The third kappa shape index (κ3) is 5.70. The quantitative estimate of drug-likeness (QED) is 0.404. The summed E-state index contributed by atoms with van der Waals surface area (Å²) in [4.78, 5) is 12.1. The summed E-state index contributed by atoms with van der Waals surface area (Å²) in [5.41, 5.74) is 8.90. The fraction of sp³-hybridized carbons (Fsp3) is 0.200. The Kier molecular flexibility index (Phi) is 6.61. The molecule has 0 atom stereocenters. The predicted octanol–water partition coefficient (Wildman–Crippen LogP) is 4.07. The summed E-state index contributed by atoms with van der Waals surface area (Å²) < 4.78 is 0. The van der Waals surface area contributed by atoms with Gasteiger partial charge in [0, 0.05) is 23.3 Å². The number of nitrogen functional groups attached to an aromatic ring is 1. The highest BCUT2D eigenvalue weighted by Gasteiger charge is 2.09.